The first-order valence-electron chi connectivity index (χ1n) is 12.6. The predicted molar refractivity (Wildman–Crippen MR) is 143 cm³/mol. The van der Waals surface area contributed by atoms with E-state index in [-0.39, 0.29) is 22.6 Å². The van der Waals surface area contributed by atoms with Crippen LogP contribution >= 0.6 is 11.6 Å². The van der Waals surface area contributed by atoms with Gasteiger partial charge in [-0.05, 0) is 51.9 Å². The average Bonchev–Trinajstić information content (AvgIpc) is 3.80. The molecule has 5 aromatic heterocycles. The van der Waals surface area contributed by atoms with Crippen LogP contribution in [-0.4, -0.2) is 49.7 Å². The molecule has 0 spiro atoms. The van der Waals surface area contributed by atoms with Crippen molar-refractivity contribution in [3.8, 4) is 27.9 Å². The summed E-state index contributed by atoms with van der Waals surface area (Å²) >= 11 is 6.07. The van der Waals surface area contributed by atoms with E-state index in [2.05, 4.69) is 35.7 Å². The van der Waals surface area contributed by atoms with E-state index in [1.54, 1.807) is 18.2 Å². The topological polar surface area (TPSA) is 105 Å². The smallest absolute Gasteiger partial charge is 0.263 e. The number of rotatable bonds is 8. The van der Waals surface area contributed by atoms with Crippen LogP contribution in [0.2, 0.25) is 5.02 Å². The number of nitrogens with zero attached hydrogens (tertiary/aromatic N) is 10. The van der Waals surface area contributed by atoms with Crippen molar-refractivity contribution >= 4 is 11.6 Å². The highest BCUT2D eigenvalue weighted by atomic mass is 35.5. The van der Waals surface area contributed by atoms with Crippen molar-refractivity contribution in [2.75, 3.05) is 0 Å². The SMILES string of the molecule is Fc1c(Cl)ccc(-n2cnnn2)c1-c1ccc([C@@H](Cc2cnn(C(F)F)c2)n2cc(-c3ccnc(C(F)(F)F)c3)cn2)nc1. The fourth-order valence-corrected chi connectivity index (χ4v) is 4.75. The average molecular weight is 631 g/mol. The van der Waals surface area contributed by atoms with Gasteiger partial charge in [0.2, 0.25) is 0 Å². The second kappa shape index (κ2) is 11.5. The van der Waals surface area contributed by atoms with Crippen molar-refractivity contribution in [2.24, 2.45) is 0 Å². The molecule has 10 nitrogen and oxygen atoms in total. The zero-order chi connectivity index (χ0) is 31.0. The summed E-state index contributed by atoms with van der Waals surface area (Å²) in [5, 5.41) is 18.9. The van der Waals surface area contributed by atoms with Gasteiger partial charge in [-0.3, -0.25) is 14.6 Å². The molecule has 6 aromatic rings. The molecular formula is C27H17ClF6N10. The number of aromatic nitrogens is 10. The van der Waals surface area contributed by atoms with Crippen LogP contribution in [0.25, 0.3) is 27.9 Å². The van der Waals surface area contributed by atoms with E-state index in [1.165, 1.54) is 58.8 Å². The van der Waals surface area contributed by atoms with Gasteiger partial charge in [0.1, 0.15) is 12.0 Å². The van der Waals surface area contributed by atoms with Crippen LogP contribution in [0, 0.1) is 5.82 Å². The first-order valence-corrected chi connectivity index (χ1v) is 13.0. The third kappa shape index (κ3) is 5.75. The zero-order valence-corrected chi connectivity index (χ0v) is 22.7. The molecule has 44 heavy (non-hydrogen) atoms. The summed E-state index contributed by atoms with van der Waals surface area (Å²) in [6, 6.07) is 7.68. The van der Waals surface area contributed by atoms with Gasteiger partial charge in [0.05, 0.1) is 34.8 Å². The van der Waals surface area contributed by atoms with E-state index in [4.69, 9.17) is 11.6 Å². The lowest BCUT2D eigenvalue weighted by molar-refractivity contribution is -0.141. The molecule has 0 bridgehead atoms. The molecule has 0 saturated carbocycles. The van der Waals surface area contributed by atoms with Crippen LogP contribution in [-0.2, 0) is 12.6 Å². The summed E-state index contributed by atoms with van der Waals surface area (Å²) < 4.78 is 84.7. The van der Waals surface area contributed by atoms with E-state index < -0.39 is 30.3 Å². The molecule has 1 atom stereocenters. The molecule has 0 saturated heterocycles. The first-order chi connectivity index (χ1) is 21.1. The molecule has 0 aliphatic heterocycles. The van der Waals surface area contributed by atoms with Crippen molar-refractivity contribution in [3.05, 3.63) is 108 Å². The number of tetrazole rings is 1. The molecule has 0 unspecified atom stereocenters. The van der Waals surface area contributed by atoms with E-state index in [9.17, 15) is 22.0 Å². The Kier molecular flexibility index (Phi) is 7.59. The molecule has 0 N–H and O–H groups in total. The summed E-state index contributed by atoms with van der Waals surface area (Å²) in [7, 11) is 0. The van der Waals surface area contributed by atoms with Gasteiger partial charge < -0.3 is 0 Å². The standard InChI is InChI=1S/C27H17ClF6N10/c28-19-2-4-21(44-14-37-40-41-44)24(25(19)29)17-1-3-20(36-10-17)22(7-15-9-38-43(12-15)26(30)31)42-13-18(11-39-42)16-5-6-35-23(8-16)27(32,33)34/h1-6,8-14,22,26H,7H2/t22-/m1/s1. The number of benzene rings is 1. The summed E-state index contributed by atoms with van der Waals surface area (Å²) in [4.78, 5) is 7.91. The van der Waals surface area contributed by atoms with Gasteiger partial charge >= 0.3 is 12.7 Å². The van der Waals surface area contributed by atoms with Gasteiger partial charge in [0.25, 0.3) is 0 Å². The molecule has 6 rings (SSSR count). The molecule has 1 aromatic carbocycles. The highest BCUT2D eigenvalue weighted by Gasteiger charge is 2.32. The first kappa shape index (κ1) is 29.0. The Labute approximate surface area is 248 Å². The van der Waals surface area contributed by atoms with Gasteiger partial charge in [-0.15, -0.1) is 5.10 Å². The zero-order valence-electron chi connectivity index (χ0n) is 22.0. The van der Waals surface area contributed by atoms with Crippen molar-refractivity contribution < 1.29 is 26.3 Å². The quantitative estimate of drug-likeness (QED) is 0.184. The van der Waals surface area contributed by atoms with Crippen molar-refractivity contribution in [2.45, 2.75) is 25.2 Å². The number of alkyl halides is 5. The Bertz CT molecular complexity index is 1900. The summed E-state index contributed by atoms with van der Waals surface area (Å²) in [5.41, 5.74) is 1.04. The second-order valence-electron chi connectivity index (χ2n) is 9.44. The molecule has 0 aliphatic rings. The maximum Gasteiger partial charge on any atom is 0.433 e. The number of hydrogen-bond donors (Lipinski definition) is 0. The van der Waals surface area contributed by atoms with Crippen LogP contribution in [0.5, 0.6) is 0 Å². The lowest BCUT2D eigenvalue weighted by Gasteiger charge is -2.18. The fourth-order valence-electron chi connectivity index (χ4n) is 4.60. The number of pyridine rings is 2. The summed E-state index contributed by atoms with van der Waals surface area (Å²) in [6.07, 6.45) is 4.52. The Morgan fingerprint density at radius 2 is 1.68 bits per heavy atom. The monoisotopic (exact) mass is 630 g/mol. The van der Waals surface area contributed by atoms with E-state index >= 15 is 4.39 Å². The minimum atomic E-state index is -4.64. The molecule has 224 valence electrons. The number of hydrogen-bond acceptors (Lipinski definition) is 7. The lowest BCUT2D eigenvalue weighted by Crippen LogP contribution is -2.15. The van der Waals surface area contributed by atoms with Crippen LogP contribution in [0.15, 0.2) is 79.9 Å². The van der Waals surface area contributed by atoms with E-state index in [0.29, 0.717) is 32.8 Å². The van der Waals surface area contributed by atoms with Crippen molar-refractivity contribution in [1.82, 2.24) is 49.7 Å². The van der Waals surface area contributed by atoms with Crippen LogP contribution in [0.3, 0.4) is 0 Å². The van der Waals surface area contributed by atoms with Crippen molar-refractivity contribution in [3.63, 3.8) is 0 Å². The third-order valence-electron chi connectivity index (χ3n) is 6.67. The Balaban J connectivity index is 1.39. The highest BCUT2D eigenvalue weighted by Crippen LogP contribution is 2.35. The lowest BCUT2D eigenvalue weighted by atomic mass is 10.0. The van der Waals surface area contributed by atoms with Crippen LogP contribution in [0.1, 0.15) is 29.5 Å². The number of halogens is 7. The molecule has 0 fully saturated rings. The highest BCUT2D eigenvalue weighted by molar-refractivity contribution is 6.31. The van der Waals surface area contributed by atoms with Gasteiger partial charge in [0.15, 0.2) is 5.82 Å². The molecular weight excluding hydrogens is 614 g/mol. The fraction of sp³-hybridized carbons (Fsp3) is 0.148. The van der Waals surface area contributed by atoms with Gasteiger partial charge in [0, 0.05) is 47.9 Å². The summed E-state index contributed by atoms with van der Waals surface area (Å²) in [5.74, 6) is -0.725. The minimum Gasteiger partial charge on any atom is -0.263 e. The Hall–Kier alpha value is -5.12. The Morgan fingerprint density at radius 1 is 0.864 bits per heavy atom. The maximum absolute atomic E-state index is 15.3. The van der Waals surface area contributed by atoms with Gasteiger partial charge in [-0.25, -0.2) is 9.07 Å². The third-order valence-corrected chi connectivity index (χ3v) is 6.97. The molecule has 17 heteroatoms. The largest absolute Gasteiger partial charge is 0.433 e. The normalized spacial score (nSPS) is 12.6. The molecule has 0 amide bonds. The van der Waals surface area contributed by atoms with Crippen LogP contribution < -0.4 is 0 Å². The van der Waals surface area contributed by atoms with E-state index in [0.717, 1.165) is 12.3 Å². The summed E-state index contributed by atoms with van der Waals surface area (Å²) in [6.45, 7) is -2.85. The maximum atomic E-state index is 15.3. The van der Waals surface area contributed by atoms with Crippen LogP contribution in [0.4, 0.5) is 26.3 Å². The van der Waals surface area contributed by atoms with Gasteiger partial charge in [-0.1, -0.05) is 17.7 Å². The Morgan fingerprint density at radius 3 is 2.36 bits per heavy atom. The molecule has 5 heterocycles. The van der Waals surface area contributed by atoms with E-state index in [1.807, 2.05) is 0 Å². The second-order valence-corrected chi connectivity index (χ2v) is 9.85. The molecule has 0 radical (unpaired) electrons. The van der Waals surface area contributed by atoms with Crippen molar-refractivity contribution in [1.29, 1.82) is 0 Å². The predicted octanol–water partition coefficient (Wildman–Crippen LogP) is 6.22. The van der Waals surface area contributed by atoms with Gasteiger partial charge in [-0.2, -0.15) is 36.8 Å². The minimum absolute atomic E-state index is 0.0816. The molecule has 0 aliphatic carbocycles.